The Morgan fingerprint density at radius 1 is 1.05 bits per heavy atom. The third kappa shape index (κ3) is 2.80. The lowest BCUT2D eigenvalue weighted by molar-refractivity contribution is 0.187. The molecule has 0 radical (unpaired) electrons. The molecule has 2 atom stereocenters. The summed E-state index contributed by atoms with van der Waals surface area (Å²) in [5.74, 6) is 0. The third-order valence-electron chi connectivity index (χ3n) is 4.18. The minimum Gasteiger partial charge on any atom is -0.326 e. The van der Waals surface area contributed by atoms with Crippen molar-refractivity contribution >= 4 is 11.3 Å². The maximum atomic E-state index is 6.28. The first kappa shape index (κ1) is 13.8. The van der Waals surface area contributed by atoms with Crippen molar-refractivity contribution in [3.63, 3.8) is 0 Å². The summed E-state index contributed by atoms with van der Waals surface area (Å²) in [6, 6.07) is 13.7. The number of hydrogen-bond donors (Lipinski definition) is 1. The fraction of sp³-hybridized carbons (Fsp3) is 0.412. The van der Waals surface area contributed by atoms with Gasteiger partial charge >= 0.3 is 0 Å². The molecule has 0 bridgehead atoms. The van der Waals surface area contributed by atoms with E-state index in [0.29, 0.717) is 6.04 Å². The van der Waals surface area contributed by atoms with E-state index in [2.05, 4.69) is 53.6 Å². The summed E-state index contributed by atoms with van der Waals surface area (Å²) in [5.41, 5.74) is 9.29. The Labute approximate surface area is 125 Å². The maximum Gasteiger partial charge on any atom is 0.0590 e. The minimum absolute atomic E-state index is 0.162. The van der Waals surface area contributed by atoms with Crippen molar-refractivity contribution in [3.05, 3.63) is 57.8 Å². The second-order valence-electron chi connectivity index (χ2n) is 5.62. The largest absolute Gasteiger partial charge is 0.326 e. The molecule has 1 aromatic heterocycles. The minimum atomic E-state index is 0.162. The van der Waals surface area contributed by atoms with Crippen LogP contribution in [0.5, 0.6) is 0 Å². The number of fused-ring (bicyclic) bond motifs is 1. The quantitative estimate of drug-likeness (QED) is 0.938. The van der Waals surface area contributed by atoms with Crippen molar-refractivity contribution in [1.29, 1.82) is 0 Å². The standard InChI is InChI=1S/C17H22N2S/c1-13(18)17(16-7-4-12-20-16)19-10-8-14-5-2-3-6-15(14)9-11-19/h2-7,12-13,17H,8-11,18H2,1H3. The van der Waals surface area contributed by atoms with Gasteiger partial charge in [0.1, 0.15) is 0 Å². The molecule has 0 aliphatic carbocycles. The number of nitrogens with two attached hydrogens (primary N) is 1. The molecule has 106 valence electrons. The molecule has 3 rings (SSSR count). The fourth-order valence-corrected chi connectivity index (χ4v) is 4.17. The van der Waals surface area contributed by atoms with Crippen LogP contribution in [0, 0.1) is 0 Å². The second kappa shape index (κ2) is 6.08. The van der Waals surface area contributed by atoms with Crippen molar-refractivity contribution in [3.8, 4) is 0 Å². The average Bonchev–Trinajstić information content (AvgIpc) is 2.87. The number of thiophene rings is 1. The van der Waals surface area contributed by atoms with E-state index in [4.69, 9.17) is 5.73 Å². The molecule has 1 aliphatic rings. The molecule has 1 aromatic carbocycles. The lowest BCUT2D eigenvalue weighted by Gasteiger charge is -2.32. The zero-order valence-electron chi connectivity index (χ0n) is 12.0. The number of rotatable bonds is 3. The molecule has 2 aromatic rings. The van der Waals surface area contributed by atoms with Gasteiger partial charge in [-0.05, 0) is 42.3 Å². The summed E-state index contributed by atoms with van der Waals surface area (Å²) >= 11 is 1.82. The molecule has 2 unspecified atom stereocenters. The highest BCUT2D eigenvalue weighted by molar-refractivity contribution is 7.10. The van der Waals surface area contributed by atoms with Crippen molar-refractivity contribution in [1.82, 2.24) is 4.90 Å². The summed E-state index contributed by atoms with van der Waals surface area (Å²) < 4.78 is 0. The van der Waals surface area contributed by atoms with Crippen molar-refractivity contribution in [2.45, 2.75) is 31.8 Å². The van der Waals surface area contributed by atoms with Gasteiger partial charge in [0.25, 0.3) is 0 Å². The van der Waals surface area contributed by atoms with E-state index in [-0.39, 0.29) is 6.04 Å². The Morgan fingerprint density at radius 3 is 2.20 bits per heavy atom. The zero-order chi connectivity index (χ0) is 13.9. The highest BCUT2D eigenvalue weighted by Gasteiger charge is 2.26. The van der Waals surface area contributed by atoms with Gasteiger partial charge in [0.2, 0.25) is 0 Å². The molecule has 0 saturated carbocycles. The molecule has 20 heavy (non-hydrogen) atoms. The fourth-order valence-electron chi connectivity index (χ4n) is 3.19. The molecule has 1 aliphatic heterocycles. The van der Waals surface area contributed by atoms with E-state index in [1.807, 2.05) is 11.3 Å². The van der Waals surface area contributed by atoms with Crippen LogP contribution in [-0.4, -0.2) is 24.0 Å². The molecule has 0 fully saturated rings. The van der Waals surface area contributed by atoms with E-state index in [1.165, 1.54) is 16.0 Å². The summed E-state index contributed by atoms with van der Waals surface area (Å²) in [6.07, 6.45) is 2.26. The van der Waals surface area contributed by atoms with Gasteiger partial charge in [-0.2, -0.15) is 0 Å². The van der Waals surface area contributed by atoms with E-state index >= 15 is 0 Å². The highest BCUT2D eigenvalue weighted by atomic mass is 32.1. The van der Waals surface area contributed by atoms with Crippen molar-refractivity contribution < 1.29 is 0 Å². The predicted molar refractivity (Wildman–Crippen MR) is 86.1 cm³/mol. The van der Waals surface area contributed by atoms with E-state index in [0.717, 1.165) is 25.9 Å². The molecule has 0 amide bonds. The van der Waals surface area contributed by atoms with Crippen LogP contribution in [0.25, 0.3) is 0 Å². The Kier molecular flexibility index (Phi) is 4.20. The van der Waals surface area contributed by atoms with Gasteiger partial charge in [0.05, 0.1) is 6.04 Å². The number of hydrogen-bond acceptors (Lipinski definition) is 3. The zero-order valence-corrected chi connectivity index (χ0v) is 12.8. The van der Waals surface area contributed by atoms with Gasteiger partial charge in [-0.1, -0.05) is 30.3 Å². The van der Waals surface area contributed by atoms with Gasteiger partial charge in [0, 0.05) is 24.0 Å². The maximum absolute atomic E-state index is 6.28. The topological polar surface area (TPSA) is 29.3 Å². The Bertz CT molecular complexity index is 521. The van der Waals surface area contributed by atoms with Crippen LogP contribution in [0.4, 0.5) is 0 Å². The van der Waals surface area contributed by atoms with Crippen LogP contribution in [0.2, 0.25) is 0 Å². The van der Waals surface area contributed by atoms with E-state index in [1.54, 1.807) is 0 Å². The monoisotopic (exact) mass is 286 g/mol. The first-order valence-corrected chi connectivity index (χ1v) is 8.23. The molecular weight excluding hydrogens is 264 g/mol. The summed E-state index contributed by atoms with van der Waals surface area (Å²) in [5, 5.41) is 2.15. The second-order valence-corrected chi connectivity index (χ2v) is 6.60. The highest BCUT2D eigenvalue weighted by Crippen LogP contribution is 2.29. The third-order valence-corrected chi connectivity index (χ3v) is 5.12. The first-order valence-electron chi connectivity index (χ1n) is 7.35. The van der Waals surface area contributed by atoms with Crippen LogP contribution in [0.1, 0.15) is 29.0 Å². The molecule has 2 N–H and O–H groups in total. The smallest absolute Gasteiger partial charge is 0.0590 e. The van der Waals surface area contributed by atoms with Crippen LogP contribution in [0.15, 0.2) is 41.8 Å². The predicted octanol–water partition coefficient (Wildman–Crippen LogP) is 3.24. The molecule has 2 nitrogen and oxygen atoms in total. The van der Waals surface area contributed by atoms with Gasteiger partial charge in [-0.3, -0.25) is 4.90 Å². The van der Waals surface area contributed by atoms with Crippen LogP contribution < -0.4 is 5.73 Å². The Balaban J connectivity index is 1.81. The summed E-state index contributed by atoms with van der Waals surface area (Å²) in [7, 11) is 0. The number of nitrogens with zero attached hydrogens (tertiary/aromatic N) is 1. The Morgan fingerprint density at radius 2 is 1.70 bits per heavy atom. The average molecular weight is 286 g/mol. The van der Waals surface area contributed by atoms with Crippen molar-refractivity contribution in [2.75, 3.05) is 13.1 Å². The van der Waals surface area contributed by atoms with Crippen LogP contribution >= 0.6 is 11.3 Å². The van der Waals surface area contributed by atoms with Crippen LogP contribution in [0.3, 0.4) is 0 Å². The van der Waals surface area contributed by atoms with Gasteiger partial charge < -0.3 is 5.73 Å². The Hall–Kier alpha value is -1.16. The summed E-state index contributed by atoms with van der Waals surface area (Å²) in [4.78, 5) is 3.96. The summed E-state index contributed by atoms with van der Waals surface area (Å²) in [6.45, 7) is 4.32. The van der Waals surface area contributed by atoms with Gasteiger partial charge in [0.15, 0.2) is 0 Å². The molecular formula is C17H22N2S. The van der Waals surface area contributed by atoms with Gasteiger partial charge in [-0.15, -0.1) is 11.3 Å². The lowest BCUT2D eigenvalue weighted by atomic mass is 10.0. The molecule has 2 heterocycles. The number of benzene rings is 1. The SMILES string of the molecule is CC(N)C(c1cccs1)N1CCc2ccccc2CC1. The van der Waals surface area contributed by atoms with Gasteiger partial charge in [-0.25, -0.2) is 0 Å². The van der Waals surface area contributed by atoms with E-state index in [9.17, 15) is 0 Å². The molecule has 0 spiro atoms. The molecule has 3 heteroatoms. The van der Waals surface area contributed by atoms with E-state index < -0.39 is 0 Å². The normalized spacial score (nSPS) is 19.1. The molecule has 0 saturated heterocycles. The first-order chi connectivity index (χ1) is 9.75. The van der Waals surface area contributed by atoms with Crippen molar-refractivity contribution in [2.24, 2.45) is 5.73 Å². The van der Waals surface area contributed by atoms with Crippen LogP contribution in [-0.2, 0) is 12.8 Å². The lowest BCUT2D eigenvalue weighted by Crippen LogP contribution is -2.40.